The number of hydrogen-bond donors (Lipinski definition) is 1. The number of hydrogen-bond acceptors (Lipinski definition) is 3. The van der Waals surface area contributed by atoms with Crippen LogP contribution in [0.5, 0.6) is 5.75 Å². The number of aryl methyl sites for hydroxylation is 1. The first kappa shape index (κ1) is 11.7. The van der Waals surface area contributed by atoms with Crippen LogP contribution in [0.25, 0.3) is 0 Å². The van der Waals surface area contributed by atoms with Crippen LogP contribution >= 0.6 is 0 Å². The molecule has 1 unspecified atom stereocenters. The highest BCUT2D eigenvalue weighted by molar-refractivity contribution is 5.35. The highest BCUT2D eigenvalue weighted by Crippen LogP contribution is 2.23. The summed E-state index contributed by atoms with van der Waals surface area (Å²) in [5, 5.41) is 0. The molecule has 0 saturated heterocycles. The van der Waals surface area contributed by atoms with Crippen molar-refractivity contribution in [2.45, 2.75) is 19.6 Å². The molecule has 0 aliphatic rings. The standard InChI is InChI=1S/C13H17N3O/c1-10(14)11-5-3-4-6-12(11)17-9-13-15-7-8-16(13)2/h3-8,10H,9,14H2,1-2H3. The molecule has 0 aliphatic heterocycles. The summed E-state index contributed by atoms with van der Waals surface area (Å²) in [5.74, 6) is 1.72. The minimum Gasteiger partial charge on any atom is -0.485 e. The second-order valence-electron chi connectivity index (χ2n) is 4.07. The summed E-state index contributed by atoms with van der Waals surface area (Å²) in [6, 6.07) is 7.79. The second-order valence-corrected chi connectivity index (χ2v) is 4.07. The molecule has 0 bridgehead atoms. The lowest BCUT2D eigenvalue weighted by atomic mass is 10.1. The van der Waals surface area contributed by atoms with Gasteiger partial charge in [-0.3, -0.25) is 0 Å². The molecule has 2 rings (SSSR count). The van der Waals surface area contributed by atoms with Gasteiger partial charge in [0.05, 0.1) is 0 Å². The maximum atomic E-state index is 5.89. The Balaban J connectivity index is 2.11. The van der Waals surface area contributed by atoms with Crippen molar-refractivity contribution >= 4 is 0 Å². The largest absolute Gasteiger partial charge is 0.485 e. The third kappa shape index (κ3) is 2.65. The normalized spacial score (nSPS) is 12.4. The van der Waals surface area contributed by atoms with Crippen molar-refractivity contribution in [1.29, 1.82) is 0 Å². The average Bonchev–Trinajstić information content (AvgIpc) is 2.72. The zero-order valence-electron chi connectivity index (χ0n) is 10.1. The van der Waals surface area contributed by atoms with Crippen LogP contribution < -0.4 is 10.5 Å². The Kier molecular flexibility index (Phi) is 3.44. The Morgan fingerprint density at radius 2 is 2.18 bits per heavy atom. The predicted octanol–water partition coefficient (Wildman–Crippen LogP) is 2.02. The van der Waals surface area contributed by atoms with E-state index in [1.165, 1.54) is 0 Å². The molecule has 2 aromatic rings. The van der Waals surface area contributed by atoms with Crippen LogP contribution in [-0.4, -0.2) is 9.55 Å². The molecule has 0 spiro atoms. The lowest BCUT2D eigenvalue weighted by Crippen LogP contribution is -2.09. The third-order valence-electron chi connectivity index (χ3n) is 2.69. The monoisotopic (exact) mass is 231 g/mol. The first-order valence-corrected chi connectivity index (χ1v) is 5.62. The molecule has 1 heterocycles. The quantitative estimate of drug-likeness (QED) is 0.875. The van der Waals surface area contributed by atoms with Gasteiger partial charge in [0, 0.05) is 31.0 Å². The summed E-state index contributed by atoms with van der Waals surface area (Å²) in [5.41, 5.74) is 6.91. The van der Waals surface area contributed by atoms with E-state index >= 15 is 0 Å². The van der Waals surface area contributed by atoms with Crippen molar-refractivity contribution in [2.75, 3.05) is 0 Å². The van der Waals surface area contributed by atoms with Gasteiger partial charge < -0.3 is 15.0 Å². The second kappa shape index (κ2) is 5.01. The van der Waals surface area contributed by atoms with E-state index in [2.05, 4.69) is 4.98 Å². The third-order valence-corrected chi connectivity index (χ3v) is 2.69. The van der Waals surface area contributed by atoms with E-state index in [0.717, 1.165) is 17.1 Å². The molecule has 1 atom stereocenters. The van der Waals surface area contributed by atoms with Crippen LogP contribution in [0.2, 0.25) is 0 Å². The fourth-order valence-electron chi connectivity index (χ4n) is 1.67. The minimum absolute atomic E-state index is 0.0347. The van der Waals surface area contributed by atoms with Crippen LogP contribution in [0.4, 0.5) is 0 Å². The van der Waals surface area contributed by atoms with Crippen molar-refractivity contribution in [3.63, 3.8) is 0 Å². The van der Waals surface area contributed by atoms with Gasteiger partial charge in [0.1, 0.15) is 18.2 Å². The lowest BCUT2D eigenvalue weighted by molar-refractivity contribution is 0.287. The Morgan fingerprint density at radius 3 is 2.82 bits per heavy atom. The summed E-state index contributed by atoms with van der Waals surface area (Å²) in [6.07, 6.45) is 3.66. The average molecular weight is 231 g/mol. The summed E-state index contributed by atoms with van der Waals surface area (Å²) < 4.78 is 7.70. The van der Waals surface area contributed by atoms with E-state index in [1.54, 1.807) is 6.20 Å². The molecule has 0 radical (unpaired) electrons. The molecule has 4 nitrogen and oxygen atoms in total. The lowest BCUT2D eigenvalue weighted by Gasteiger charge is -2.13. The fraction of sp³-hybridized carbons (Fsp3) is 0.308. The number of nitrogens with two attached hydrogens (primary N) is 1. The number of imidazole rings is 1. The maximum Gasteiger partial charge on any atom is 0.146 e. The van der Waals surface area contributed by atoms with Gasteiger partial charge in [0.15, 0.2) is 0 Å². The number of para-hydroxylation sites is 1. The van der Waals surface area contributed by atoms with E-state index in [-0.39, 0.29) is 6.04 Å². The topological polar surface area (TPSA) is 53.1 Å². The van der Waals surface area contributed by atoms with Crippen molar-refractivity contribution in [2.24, 2.45) is 12.8 Å². The van der Waals surface area contributed by atoms with Crippen LogP contribution in [-0.2, 0) is 13.7 Å². The fourth-order valence-corrected chi connectivity index (χ4v) is 1.67. The van der Waals surface area contributed by atoms with Crippen molar-refractivity contribution in [3.8, 4) is 5.75 Å². The molecule has 17 heavy (non-hydrogen) atoms. The zero-order chi connectivity index (χ0) is 12.3. The molecular formula is C13H17N3O. The van der Waals surface area contributed by atoms with Gasteiger partial charge in [-0.05, 0) is 13.0 Å². The Hall–Kier alpha value is -1.81. The van der Waals surface area contributed by atoms with E-state index in [0.29, 0.717) is 6.61 Å². The van der Waals surface area contributed by atoms with Gasteiger partial charge in [0.25, 0.3) is 0 Å². The van der Waals surface area contributed by atoms with Crippen LogP contribution in [0.15, 0.2) is 36.7 Å². The Labute approximate surface area is 101 Å². The number of rotatable bonds is 4. The summed E-state index contributed by atoms with van der Waals surface area (Å²) in [7, 11) is 1.95. The van der Waals surface area contributed by atoms with Gasteiger partial charge in [-0.15, -0.1) is 0 Å². The maximum absolute atomic E-state index is 5.89. The molecule has 0 saturated carbocycles. The van der Waals surface area contributed by atoms with Crippen LogP contribution in [0.1, 0.15) is 24.4 Å². The number of nitrogens with zero attached hydrogens (tertiary/aromatic N) is 2. The summed E-state index contributed by atoms with van der Waals surface area (Å²) in [4.78, 5) is 4.21. The molecule has 0 aliphatic carbocycles. The number of ether oxygens (including phenoxy) is 1. The molecule has 0 amide bonds. The van der Waals surface area contributed by atoms with Gasteiger partial charge in [0.2, 0.25) is 0 Å². The van der Waals surface area contributed by atoms with Gasteiger partial charge in [-0.25, -0.2) is 4.98 Å². The Morgan fingerprint density at radius 1 is 1.41 bits per heavy atom. The van der Waals surface area contributed by atoms with Crippen molar-refractivity contribution in [1.82, 2.24) is 9.55 Å². The van der Waals surface area contributed by atoms with Crippen molar-refractivity contribution in [3.05, 3.63) is 48.0 Å². The highest BCUT2D eigenvalue weighted by atomic mass is 16.5. The van der Waals surface area contributed by atoms with Crippen LogP contribution in [0, 0.1) is 0 Å². The molecule has 2 N–H and O–H groups in total. The highest BCUT2D eigenvalue weighted by Gasteiger charge is 2.08. The number of aromatic nitrogens is 2. The SMILES string of the molecule is CC(N)c1ccccc1OCc1nccn1C. The predicted molar refractivity (Wildman–Crippen MR) is 66.6 cm³/mol. The molecule has 4 heteroatoms. The van der Waals surface area contributed by atoms with Gasteiger partial charge >= 0.3 is 0 Å². The van der Waals surface area contributed by atoms with E-state index in [1.807, 2.05) is 49.0 Å². The summed E-state index contributed by atoms with van der Waals surface area (Å²) >= 11 is 0. The van der Waals surface area contributed by atoms with Gasteiger partial charge in [-0.1, -0.05) is 18.2 Å². The van der Waals surface area contributed by atoms with Crippen molar-refractivity contribution < 1.29 is 4.74 Å². The smallest absolute Gasteiger partial charge is 0.146 e. The molecule has 90 valence electrons. The van der Waals surface area contributed by atoms with E-state index in [4.69, 9.17) is 10.5 Å². The minimum atomic E-state index is -0.0347. The van der Waals surface area contributed by atoms with Crippen LogP contribution in [0.3, 0.4) is 0 Å². The first-order valence-electron chi connectivity index (χ1n) is 5.62. The molecule has 0 fully saturated rings. The molecule has 1 aromatic heterocycles. The Bertz CT molecular complexity index is 491. The summed E-state index contributed by atoms with van der Waals surface area (Å²) in [6.45, 7) is 2.40. The van der Waals surface area contributed by atoms with Gasteiger partial charge in [-0.2, -0.15) is 0 Å². The molecular weight excluding hydrogens is 214 g/mol. The number of benzene rings is 1. The van der Waals surface area contributed by atoms with E-state index in [9.17, 15) is 0 Å². The molecule has 1 aromatic carbocycles. The van der Waals surface area contributed by atoms with E-state index < -0.39 is 0 Å². The zero-order valence-corrected chi connectivity index (χ0v) is 10.1. The first-order chi connectivity index (χ1) is 8.18.